The first kappa shape index (κ1) is 11.7. The van der Waals surface area contributed by atoms with Crippen molar-refractivity contribution in [2.75, 3.05) is 41.7 Å². The van der Waals surface area contributed by atoms with Crippen molar-refractivity contribution in [3.8, 4) is 0 Å². The normalized spacial score (nSPS) is 15.6. The monoisotopic (exact) mass is 257 g/mol. The van der Waals surface area contributed by atoms with E-state index in [1.165, 1.54) is 0 Å². The average molecular weight is 257 g/mol. The quantitative estimate of drug-likeness (QED) is 0.832. The molecule has 1 fully saturated rings. The van der Waals surface area contributed by atoms with Crippen LogP contribution >= 0.6 is 0 Å². The van der Waals surface area contributed by atoms with E-state index in [2.05, 4.69) is 24.8 Å². The molecule has 3 N–H and O–H groups in total. The van der Waals surface area contributed by atoms with Crippen molar-refractivity contribution in [3.63, 3.8) is 0 Å². The number of hydrogen-bond acceptors (Lipinski definition) is 5. The lowest BCUT2D eigenvalue weighted by Gasteiger charge is -2.31. The highest BCUT2D eigenvalue weighted by Gasteiger charge is 2.24. The minimum atomic E-state index is 0.649. The third-order valence-electron chi connectivity index (χ3n) is 3.26. The molecule has 0 bridgehead atoms. The third kappa shape index (κ3) is 2.57. The summed E-state index contributed by atoms with van der Waals surface area (Å²) in [5, 5.41) is 0. The Hall–Kier alpha value is -2.37. The molecule has 1 aliphatic rings. The van der Waals surface area contributed by atoms with Crippen LogP contribution < -0.4 is 20.5 Å². The molecule has 2 aromatic rings. The number of rotatable bonds is 2. The summed E-state index contributed by atoms with van der Waals surface area (Å²) >= 11 is 0. The molecule has 2 aromatic heterocycles. The number of nitrogens with two attached hydrogens (primary N) is 1. The van der Waals surface area contributed by atoms with Crippen molar-refractivity contribution < 1.29 is 4.98 Å². The van der Waals surface area contributed by atoms with Crippen LogP contribution in [0.2, 0.25) is 0 Å². The van der Waals surface area contributed by atoms with Crippen LogP contribution in [0, 0.1) is 0 Å². The van der Waals surface area contributed by atoms with Crippen molar-refractivity contribution in [2.24, 2.45) is 0 Å². The van der Waals surface area contributed by atoms with Gasteiger partial charge in [0.15, 0.2) is 0 Å². The highest BCUT2D eigenvalue weighted by atomic mass is 15.3. The first-order valence-electron chi connectivity index (χ1n) is 6.37. The summed E-state index contributed by atoms with van der Waals surface area (Å²) in [5.41, 5.74) is 6.27. The van der Waals surface area contributed by atoms with E-state index in [4.69, 9.17) is 5.73 Å². The molecule has 0 radical (unpaired) electrons. The number of hydrogen-bond donors (Lipinski definition) is 1. The summed E-state index contributed by atoms with van der Waals surface area (Å²) in [7, 11) is 0. The summed E-state index contributed by atoms with van der Waals surface area (Å²) < 4.78 is 0. The second-order valence-electron chi connectivity index (χ2n) is 4.53. The molecule has 0 unspecified atom stereocenters. The maximum Gasteiger partial charge on any atom is 0.391 e. The van der Waals surface area contributed by atoms with Gasteiger partial charge in [-0.25, -0.2) is 9.97 Å². The minimum absolute atomic E-state index is 0.649. The van der Waals surface area contributed by atoms with E-state index in [9.17, 15) is 0 Å². The molecular weight excluding hydrogens is 240 g/mol. The lowest BCUT2D eigenvalue weighted by Crippen LogP contribution is -2.48. The Morgan fingerprint density at radius 1 is 1.05 bits per heavy atom. The van der Waals surface area contributed by atoms with Crippen LogP contribution in [0.25, 0.3) is 0 Å². The van der Waals surface area contributed by atoms with Gasteiger partial charge in [0, 0.05) is 6.20 Å². The van der Waals surface area contributed by atoms with E-state index in [1.54, 1.807) is 12.4 Å². The van der Waals surface area contributed by atoms with E-state index >= 15 is 0 Å². The fraction of sp³-hybridized carbons (Fsp3) is 0.308. The zero-order valence-electron chi connectivity index (χ0n) is 10.7. The van der Waals surface area contributed by atoms with Gasteiger partial charge in [0.05, 0.1) is 38.1 Å². The number of nitrogen functional groups attached to an aromatic ring is 1. The lowest BCUT2D eigenvalue weighted by molar-refractivity contribution is -0.367. The van der Waals surface area contributed by atoms with Crippen molar-refractivity contribution in [1.29, 1.82) is 0 Å². The molecule has 19 heavy (non-hydrogen) atoms. The highest BCUT2D eigenvalue weighted by molar-refractivity contribution is 5.41. The van der Waals surface area contributed by atoms with Crippen molar-refractivity contribution in [1.82, 2.24) is 9.97 Å². The Labute approximate surface area is 111 Å². The Bertz CT molecular complexity index is 519. The van der Waals surface area contributed by atoms with E-state index in [0.29, 0.717) is 5.69 Å². The molecular formula is C13H17N6+. The van der Waals surface area contributed by atoms with Gasteiger partial charge in [-0.1, -0.05) is 11.1 Å². The number of nitrogens with one attached hydrogen (secondary N) is 1. The molecule has 1 aliphatic heterocycles. The van der Waals surface area contributed by atoms with Gasteiger partial charge in [0.1, 0.15) is 12.0 Å². The Balaban J connectivity index is 1.65. The van der Waals surface area contributed by atoms with Gasteiger partial charge in [0.25, 0.3) is 0 Å². The maximum atomic E-state index is 5.63. The van der Waals surface area contributed by atoms with Gasteiger partial charge in [0.2, 0.25) is 0 Å². The van der Waals surface area contributed by atoms with Gasteiger partial charge >= 0.3 is 5.95 Å². The molecule has 0 aromatic carbocycles. The van der Waals surface area contributed by atoms with Crippen molar-refractivity contribution in [2.45, 2.75) is 0 Å². The lowest BCUT2D eigenvalue weighted by atomic mass is 10.3. The van der Waals surface area contributed by atoms with Gasteiger partial charge < -0.3 is 10.6 Å². The molecule has 0 atom stereocenters. The molecule has 0 spiro atoms. The topological polar surface area (TPSA) is 72.4 Å². The highest BCUT2D eigenvalue weighted by Crippen LogP contribution is 2.14. The first-order valence-corrected chi connectivity index (χ1v) is 6.37. The number of pyridine rings is 1. The number of anilines is 3. The van der Waals surface area contributed by atoms with Crippen LogP contribution in [0.3, 0.4) is 0 Å². The van der Waals surface area contributed by atoms with Crippen molar-refractivity contribution >= 4 is 17.5 Å². The predicted octanol–water partition coefficient (Wildman–Crippen LogP) is 0.200. The smallest absolute Gasteiger partial charge is 0.391 e. The molecule has 6 nitrogen and oxygen atoms in total. The summed E-state index contributed by atoms with van der Waals surface area (Å²) in [5.74, 6) is 1.91. The molecule has 0 saturated carbocycles. The fourth-order valence-electron chi connectivity index (χ4n) is 2.22. The van der Waals surface area contributed by atoms with E-state index in [0.717, 1.165) is 37.9 Å². The van der Waals surface area contributed by atoms with Crippen molar-refractivity contribution in [3.05, 3.63) is 36.8 Å². The first-order chi connectivity index (χ1) is 9.33. The standard InChI is InChI=1S/C13H16N6/c14-11-9-16-13(17-10-11)19-7-5-18(6-8-19)12-3-1-2-4-15-12/h1-4,9-10H,5-8,14H2/p+1. The number of nitrogens with zero attached hydrogens (tertiary/aromatic N) is 4. The maximum absolute atomic E-state index is 5.63. The van der Waals surface area contributed by atoms with Crippen LogP contribution in [0.15, 0.2) is 36.8 Å². The Morgan fingerprint density at radius 2 is 1.84 bits per heavy atom. The molecule has 1 saturated heterocycles. The SMILES string of the molecule is Nc1cnc(N2CCN(c3ccccn3)CC2)[nH+]c1. The molecule has 0 amide bonds. The second kappa shape index (κ2) is 5.09. The van der Waals surface area contributed by atoms with Gasteiger partial charge in [-0.05, 0) is 12.1 Å². The number of aromatic amines is 1. The van der Waals surface area contributed by atoms with Crippen LogP contribution in [0.4, 0.5) is 17.5 Å². The summed E-state index contributed by atoms with van der Waals surface area (Å²) in [6.45, 7) is 3.72. The van der Waals surface area contributed by atoms with E-state index < -0.39 is 0 Å². The molecule has 3 rings (SSSR count). The van der Waals surface area contributed by atoms with Crippen LogP contribution in [0.5, 0.6) is 0 Å². The zero-order chi connectivity index (χ0) is 13.1. The number of H-pyrrole nitrogens is 1. The van der Waals surface area contributed by atoms with Gasteiger partial charge in [-0.15, -0.1) is 0 Å². The average Bonchev–Trinajstić information content (AvgIpc) is 2.49. The second-order valence-corrected chi connectivity index (χ2v) is 4.53. The molecule has 98 valence electrons. The van der Waals surface area contributed by atoms with Gasteiger partial charge in [-0.2, -0.15) is 0 Å². The fourth-order valence-corrected chi connectivity index (χ4v) is 2.22. The Morgan fingerprint density at radius 3 is 2.47 bits per heavy atom. The molecule has 6 heteroatoms. The minimum Gasteiger partial charge on any atom is -0.394 e. The largest absolute Gasteiger partial charge is 0.394 e. The van der Waals surface area contributed by atoms with Crippen LogP contribution in [0.1, 0.15) is 0 Å². The summed E-state index contributed by atoms with van der Waals surface area (Å²) in [6.07, 6.45) is 5.28. The zero-order valence-corrected chi connectivity index (χ0v) is 10.7. The summed E-state index contributed by atoms with van der Waals surface area (Å²) in [4.78, 5) is 16.3. The van der Waals surface area contributed by atoms with E-state index in [-0.39, 0.29) is 0 Å². The Kier molecular flexibility index (Phi) is 3.14. The molecule has 3 heterocycles. The van der Waals surface area contributed by atoms with E-state index in [1.807, 2.05) is 24.4 Å². The number of aromatic nitrogens is 3. The van der Waals surface area contributed by atoms with Gasteiger partial charge in [-0.3, -0.25) is 4.90 Å². The number of piperazine rings is 1. The van der Waals surface area contributed by atoms with Crippen LogP contribution in [-0.4, -0.2) is 36.1 Å². The predicted molar refractivity (Wildman–Crippen MR) is 73.9 cm³/mol. The third-order valence-corrected chi connectivity index (χ3v) is 3.26. The van der Waals surface area contributed by atoms with Crippen LogP contribution in [-0.2, 0) is 0 Å². The summed E-state index contributed by atoms with van der Waals surface area (Å²) in [6, 6.07) is 6.00. The molecule has 0 aliphatic carbocycles.